The topological polar surface area (TPSA) is 48.1 Å². The zero-order valence-corrected chi connectivity index (χ0v) is 10.8. The summed E-state index contributed by atoms with van der Waals surface area (Å²) in [6.45, 7) is 2.25. The first-order chi connectivity index (χ1) is 9.16. The van der Waals surface area contributed by atoms with E-state index in [1.54, 1.807) is 31.5 Å². The van der Waals surface area contributed by atoms with Crippen LogP contribution in [0.5, 0.6) is 5.75 Å². The van der Waals surface area contributed by atoms with E-state index in [0.717, 1.165) is 12.0 Å². The summed E-state index contributed by atoms with van der Waals surface area (Å²) in [6.07, 6.45) is 4.25. The van der Waals surface area contributed by atoms with Gasteiger partial charge in [-0.3, -0.25) is 4.98 Å². The van der Waals surface area contributed by atoms with Crippen molar-refractivity contribution in [2.45, 2.75) is 19.4 Å². The average Bonchev–Trinajstić information content (AvgIpc) is 2.39. The smallest absolute Gasteiger partial charge is 0.131 e. The van der Waals surface area contributed by atoms with Gasteiger partial charge in [0.2, 0.25) is 0 Å². The molecular formula is C15H17FN2O. The lowest BCUT2D eigenvalue weighted by Gasteiger charge is -2.10. The van der Waals surface area contributed by atoms with E-state index < -0.39 is 0 Å². The van der Waals surface area contributed by atoms with Crippen molar-refractivity contribution < 1.29 is 9.13 Å². The molecule has 0 amide bonds. The Kier molecular flexibility index (Phi) is 4.47. The minimum atomic E-state index is -0.323. The highest BCUT2D eigenvalue weighted by Crippen LogP contribution is 2.20. The Morgan fingerprint density at radius 3 is 2.63 bits per heavy atom. The van der Waals surface area contributed by atoms with E-state index in [1.165, 1.54) is 6.07 Å². The van der Waals surface area contributed by atoms with Crippen LogP contribution in [0.25, 0.3) is 0 Å². The summed E-state index contributed by atoms with van der Waals surface area (Å²) in [7, 11) is 0. The number of hydrogen-bond acceptors (Lipinski definition) is 3. The molecule has 0 saturated carbocycles. The molecule has 0 bridgehead atoms. The standard InChI is InChI=1S/C15H17FN2O/c1-11(17)14-3-2-13(10-15(14)16)19-9-6-12-4-7-18-8-5-12/h2-5,7-8,10-11H,6,9,17H2,1H3/t11-/m0/s1. The van der Waals surface area contributed by atoms with Crippen LogP contribution < -0.4 is 10.5 Å². The highest BCUT2D eigenvalue weighted by molar-refractivity contribution is 5.30. The van der Waals surface area contributed by atoms with Gasteiger partial charge in [0.05, 0.1) is 6.61 Å². The molecular weight excluding hydrogens is 243 g/mol. The molecule has 0 saturated heterocycles. The van der Waals surface area contributed by atoms with Gasteiger partial charge in [0.1, 0.15) is 11.6 Å². The van der Waals surface area contributed by atoms with Crippen LogP contribution in [-0.2, 0) is 6.42 Å². The Balaban J connectivity index is 1.92. The maximum atomic E-state index is 13.7. The number of benzene rings is 1. The first-order valence-electron chi connectivity index (χ1n) is 6.23. The predicted molar refractivity (Wildman–Crippen MR) is 72.4 cm³/mol. The molecule has 4 heteroatoms. The number of aromatic nitrogens is 1. The summed E-state index contributed by atoms with van der Waals surface area (Å²) in [6, 6.07) is 8.35. The second kappa shape index (κ2) is 6.29. The summed E-state index contributed by atoms with van der Waals surface area (Å²) in [5.41, 5.74) is 7.30. The maximum absolute atomic E-state index is 13.7. The third-order valence-corrected chi connectivity index (χ3v) is 2.87. The lowest BCUT2D eigenvalue weighted by molar-refractivity contribution is 0.320. The zero-order chi connectivity index (χ0) is 13.7. The van der Waals surface area contributed by atoms with Crippen molar-refractivity contribution in [3.05, 3.63) is 59.7 Å². The Bertz CT molecular complexity index is 529. The van der Waals surface area contributed by atoms with Crippen molar-refractivity contribution in [3.63, 3.8) is 0 Å². The van der Waals surface area contributed by atoms with Crippen molar-refractivity contribution in [2.24, 2.45) is 5.73 Å². The van der Waals surface area contributed by atoms with Gasteiger partial charge in [0.25, 0.3) is 0 Å². The molecule has 1 heterocycles. The van der Waals surface area contributed by atoms with Crippen LogP contribution in [0.1, 0.15) is 24.1 Å². The quantitative estimate of drug-likeness (QED) is 0.899. The van der Waals surface area contributed by atoms with Crippen LogP contribution >= 0.6 is 0 Å². The minimum Gasteiger partial charge on any atom is -0.493 e. The molecule has 1 atom stereocenters. The van der Waals surface area contributed by atoms with E-state index in [-0.39, 0.29) is 11.9 Å². The van der Waals surface area contributed by atoms with Gasteiger partial charge in [-0.05, 0) is 30.7 Å². The van der Waals surface area contributed by atoms with Crippen LogP contribution in [0, 0.1) is 5.82 Å². The van der Waals surface area contributed by atoms with E-state index in [2.05, 4.69) is 4.98 Å². The van der Waals surface area contributed by atoms with Crippen molar-refractivity contribution in [1.29, 1.82) is 0 Å². The zero-order valence-electron chi connectivity index (χ0n) is 10.8. The normalized spacial score (nSPS) is 12.2. The van der Waals surface area contributed by atoms with Gasteiger partial charge in [-0.15, -0.1) is 0 Å². The molecule has 1 aromatic heterocycles. The Morgan fingerprint density at radius 1 is 1.26 bits per heavy atom. The van der Waals surface area contributed by atoms with E-state index in [4.69, 9.17) is 10.5 Å². The molecule has 0 aliphatic carbocycles. The lowest BCUT2D eigenvalue weighted by atomic mass is 10.1. The second-order valence-corrected chi connectivity index (χ2v) is 4.43. The monoisotopic (exact) mass is 260 g/mol. The van der Waals surface area contributed by atoms with Gasteiger partial charge in [0, 0.05) is 36.5 Å². The third-order valence-electron chi connectivity index (χ3n) is 2.87. The van der Waals surface area contributed by atoms with Crippen molar-refractivity contribution in [1.82, 2.24) is 4.98 Å². The summed E-state index contributed by atoms with van der Waals surface area (Å²) in [5, 5.41) is 0. The molecule has 0 spiro atoms. The van der Waals surface area contributed by atoms with Crippen LogP contribution in [0.15, 0.2) is 42.7 Å². The Labute approximate surface area is 112 Å². The second-order valence-electron chi connectivity index (χ2n) is 4.43. The number of ether oxygens (including phenoxy) is 1. The summed E-state index contributed by atoms with van der Waals surface area (Å²) < 4.78 is 19.2. The van der Waals surface area contributed by atoms with E-state index >= 15 is 0 Å². The molecule has 3 nitrogen and oxygen atoms in total. The summed E-state index contributed by atoms with van der Waals surface area (Å²) in [5.74, 6) is 0.201. The molecule has 0 aliphatic heterocycles. The van der Waals surface area contributed by atoms with Crippen molar-refractivity contribution in [3.8, 4) is 5.75 Å². The van der Waals surface area contributed by atoms with Gasteiger partial charge >= 0.3 is 0 Å². The summed E-state index contributed by atoms with van der Waals surface area (Å²) in [4.78, 5) is 3.95. The number of rotatable bonds is 5. The van der Waals surface area contributed by atoms with Gasteiger partial charge in [-0.25, -0.2) is 4.39 Å². The fourth-order valence-corrected chi connectivity index (χ4v) is 1.80. The molecule has 0 unspecified atom stereocenters. The van der Waals surface area contributed by atoms with E-state index in [0.29, 0.717) is 17.9 Å². The highest BCUT2D eigenvalue weighted by atomic mass is 19.1. The number of hydrogen-bond donors (Lipinski definition) is 1. The van der Waals surface area contributed by atoms with Gasteiger partial charge < -0.3 is 10.5 Å². The predicted octanol–water partition coefficient (Wildman–Crippen LogP) is 2.86. The number of pyridine rings is 1. The van der Waals surface area contributed by atoms with Crippen LogP contribution in [-0.4, -0.2) is 11.6 Å². The van der Waals surface area contributed by atoms with Crippen molar-refractivity contribution >= 4 is 0 Å². The average molecular weight is 260 g/mol. The fourth-order valence-electron chi connectivity index (χ4n) is 1.80. The van der Waals surface area contributed by atoms with Crippen LogP contribution in [0.2, 0.25) is 0 Å². The highest BCUT2D eigenvalue weighted by Gasteiger charge is 2.07. The van der Waals surface area contributed by atoms with E-state index in [9.17, 15) is 4.39 Å². The lowest BCUT2D eigenvalue weighted by Crippen LogP contribution is -2.08. The number of nitrogens with two attached hydrogens (primary N) is 1. The molecule has 100 valence electrons. The molecule has 0 aliphatic rings. The van der Waals surface area contributed by atoms with Gasteiger partial charge in [-0.1, -0.05) is 6.07 Å². The largest absolute Gasteiger partial charge is 0.493 e. The summed E-state index contributed by atoms with van der Waals surface area (Å²) >= 11 is 0. The first kappa shape index (κ1) is 13.5. The number of halogens is 1. The molecule has 0 radical (unpaired) electrons. The molecule has 2 aromatic rings. The molecule has 0 fully saturated rings. The van der Waals surface area contributed by atoms with Gasteiger partial charge in [-0.2, -0.15) is 0 Å². The Hall–Kier alpha value is -1.94. The minimum absolute atomic E-state index is 0.314. The fraction of sp³-hybridized carbons (Fsp3) is 0.267. The molecule has 1 aromatic carbocycles. The van der Waals surface area contributed by atoms with E-state index in [1.807, 2.05) is 12.1 Å². The van der Waals surface area contributed by atoms with Crippen molar-refractivity contribution in [2.75, 3.05) is 6.61 Å². The van der Waals surface area contributed by atoms with Gasteiger partial charge in [0.15, 0.2) is 0 Å². The Morgan fingerprint density at radius 2 is 2.00 bits per heavy atom. The molecule has 2 N–H and O–H groups in total. The SMILES string of the molecule is C[C@H](N)c1ccc(OCCc2ccncc2)cc1F. The molecule has 19 heavy (non-hydrogen) atoms. The number of nitrogens with zero attached hydrogens (tertiary/aromatic N) is 1. The van der Waals surface area contributed by atoms with Crippen LogP contribution in [0.3, 0.4) is 0 Å². The maximum Gasteiger partial charge on any atom is 0.131 e. The first-order valence-corrected chi connectivity index (χ1v) is 6.23. The third kappa shape index (κ3) is 3.76. The molecule has 2 rings (SSSR count). The van der Waals surface area contributed by atoms with Crippen LogP contribution in [0.4, 0.5) is 4.39 Å².